The van der Waals surface area contributed by atoms with Gasteiger partial charge in [0.25, 0.3) is 5.56 Å². The summed E-state index contributed by atoms with van der Waals surface area (Å²) in [6.07, 6.45) is 2.31. The number of nitrogens with zero attached hydrogens (tertiary/aromatic N) is 4. The van der Waals surface area contributed by atoms with E-state index in [2.05, 4.69) is 15.5 Å². The van der Waals surface area contributed by atoms with Gasteiger partial charge < -0.3 is 10.1 Å². The second kappa shape index (κ2) is 9.62. The third kappa shape index (κ3) is 4.44. The summed E-state index contributed by atoms with van der Waals surface area (Å²) in [6, 6.07) is 7.83. The monoisotopic (exact) mass is 453 g/mol. The summed E-state index contributed by atoms with van der Waals surface area (Å²) in [5.41, 5.74) is 3.92. The summed E-state index contributed by atoms with van der Waals surface area (Å²) in [5, 5.41) is 13.5. The van der Waals surface area contributed by atoms with E-state index in [9.17, 15) is 9.59 Å². The fraction of sp³-hybridized carbons (Fsp3) is 0.391. The molecule has 1 N–H and O–H groups in total. The van der Waals surface area contributed by atoms with Crippen LogP contribution in [0.4, 0.5) is 5.69 Å². The van der Waals surface area contributed by atoms with Gasteiger partial charge in [0.1, 0.15) is 10.5 Å². The van der Waals surface area contributed by atoms with E-state index in [-0.39, 0.29) is 11.5 Å². The van der Waals surface area contributed by atoms with Crippen LogP contribution in [0.25, 0.3) is 16.0 Å². The first-order valence-corrected chi connectivity index (χ1v) is 11.6. The predicted octanol–water partition coefficient (Wildman–Crippen LogP) is 3.72. The number of hydrogen-bond acceptors (Lipinski definition) is 6. The van der Waals surface area contributed by atoms with Crippen LogP contribution < -0.4 is 10.9 Å². The van der Waals surface area contributed by atoms with E-state index in [1.54, 1.807) is 11.7 Å². The number of aromatic nitrogens is 4. The molecule has 0 spiro atoms. The normalized spacial score (nSPS) is 11.5. The van der Waals surface area contributed by atoms with Gasteiger partial charge in [-0.2, -0.15) is 0 Å². The van der Waals surface area contributed by atoms with E-state index < -0.39 is 0 Å². The van der Waals surface area contributed by atoms with E-state index in [4.69, 9.17) is 4.74 Å². The Balaban J connectivity index is 1.50. The van der Waals surface area contributed by atoms with Crippen LogP contribution in [0.5, 0.6) is 0 Å². The largest absolute Gasteiger partial charge is 0.385 e. The minimum Gasteiger partial charge on any atom is -0.385 e. The molecule has 3 aromatic heterocycles. The van der Waals surface area contributed by atoms with Crippen molar-refractivity contribution in [3.63, 3.8) is 0 Å². The first kappa shape index (κ1) is 22.2. The van der Waals surface area contributed by atoms with Crippen LogP contribution in [0.15, 0.2) is 34.4 Å². The van der Waals surface area contributed by atoms with Crippen LogP contribution in [0.3, 0.4) is 0 Å². The lowest BCUT2D eigenvalue weighted by atomic mass is 10.1. The molecule has 4 aromatic rings. The Kier molecular flexibility index (Phi) is 6.66. The molecule has 9 heteroatoms. The topological polar surface area (TPSA) is 90.5 Å². The molecule has 0 aliphatic heterocycles. The van der Waals surface area contributed by atoms with Crippen molar-refractivity contribution < 1.29 is 9.53 Å². The predicted molar refractivity (Wildman–Crippen MR) is 127 cm³/mol. The maximum absolute atomic E-state index is 12.9. The molecule has 32 heavy (non-hydrogen) atoms. The first-order valence-electron chi connectivity index (χ1n) is 10.7. The Hall–Kier alpha value is -3.04. The van der Waals surface area contributed by atoms with Crippen LogP contribution >= 0.6 is 11.3 Å². The van der Waals surface area contributed by atoms with Crippen molar-refractivity contribution in [2.45, 2.75) is 46.1 Å². The van der Waals surface area contributed by atoms with Crippen LogP contribution in [0.2, 0.25) is 0 Å². The van der Waals surface area contributed by atoms with Crippen molar-refractivity contribution in [2.75, 3.05) is 19.0 Å². The molecule has 0 aliphatic rings. The Morgan fingerprint density at radius 2 is 2.00 bits per heavy atom. The molecular weight excluding hydrogens is 426 g/mol. The molecular formula is C23H27N5O3S. The number of methoxy groups -OCH3 is 1. The number of amides is 1. The summed E-state index contributed by atoms with van der Waals surface area (Å²) in [5.74, 6) is 1.26. The molecule has 0 saturated heterocycles. The third-order valence-corrected chi connectivity index (χ3v) is 6.50. The van der Waals surface area contributed by atoms with E-state index in [0.717, 1.165) is 22.6 Å². The van der Waals surface area contributed by atoms with Crippen molar-refractivity contribution in [1.82, 2.24) is 19.2 Å². The van der Waals surface area contributed by atoms with Crippen LogP contribution in [-0.4, -0.2) is 38.8 Å². The second-order valence-corrected chi connectivity index (χ2v) is 8.81. The van der Waals surface area contributed by atoms with Gasteiger partial charge >= 0.3 is 0 Å². The highest BCUT2D eigenvalue weighted by Gasteiger charge is 2.17. The highest BCUT2D eigenvalue weighted by atomic mass is 32.1. The van der Waals surface area contributed by atoms with Crippen LogP contribution in [0, 0.1) is 13.8 Å². The molecule has 1 aromatic carbocycles. The van der Waals surface area contributed by atoms with Gasteiger partial charge in [0, 0.05) is 38.8 Å². The molecule has 0 unspecified atom stereocenters. The Morgan fingerprint density at radius 1 is 1.16 bits per heavy atom. The van der Waals surface area contributed by atoms with E-state index in [0.29, 0.717) is 49.3 Å². The number of thiophene rings is 1. The van der Waals surface area contributed by atoms with Gasteiger partial charge in [-0.25, -0.2) is 0 Å². The Morgan fingerprint density at radius 3 is 2.78 bits per heavy atom. The smallest absolute Gasteiger partial charge is 0.272 e. The summed E-state index contributed by atoms with van der Waals surface area (Å²) >= 11 is 1.42. The highest BCUT2D eigenvalue weighted by Crippen LogP contribution is 2.21. The fourth-order valence-electron chi connectivity index (χ4n) is 3.76. The van der Waals surface area contributed by atoms with Gasteiger partial charge in [0.15, 0.2) is 0 Å². The quantitative estimate of drug-likeness (QED) is 0.390. The minimum atomic E-state index is -0.0506. The van der Waals surface area contributed by atoms with Crippen molar-refractivity contribution in [1.29, 1.82) is 0 Å². The van der Waals surface area contributed by atoms with Crippen LogP contribution in [-0.2, 0) is 22.5 Å². The SMILES string of the molecule is COCCCn1c(=O)c2sccc2n2c(CCCC(=O)Nc3ccc(C)c(C)c3)nnc12. The number of rotatable bonds is 9. The van der Waals surface area contributed by atoms with Crippen molar-refractivity contribution >= 4 is 38.9 Å². The van der Waals surface area contributed by atoms with E-state index in [1.165, 1.54) is 16.9 Å². The lowest BCUT2D eigenvalue weighted by molar-refractivity contribution is -0.116. The van der Waals surface area contributed by atoms with Crippen molar-refractivity contribution in [2.24, 2.45) is 0 Å². The molecule has 4 rings (SSSR count). The van der Waals surface area contributed by atoms with Gasteiger partial charge in [-0.15, -0.1) is 21.5 Å². The third-order valence-electron chi connectivity index (χ3n) is 5.60. The molecule has 0 fully saturated rings. The lowest BCUT2D eigenvalue weighted by Crippen LogP contribution is -2.23. The van der Waals surface area contributed by atoms with Gasteiger partial charge in [0.2, 0.25) is 11.7 Å². The number of carbonyl (C=O) groups excluding carboxylic acids is 1. The summed E-state index contributed by atoms with van der Waals surface area (Å²) < 4.78 is 9.43. The molecule has 0 saturated carbocycles. The number of aryl methyl sites for hydroxylation is 4. The summed E-state index contributed by atoms with van der Waals surface area (Å²) in [6.45, 7) is 5.16. The Bertz CT molecular complexity index is 1320. The van der Waals surface area contributed by atoms with Gasteiger partial charge in [-0.1, -0.05) is 6.07 Å². The molecule has 1 amide bonds. The number of ether oxygens (including phenoxy) is 1. The molecule has 168 valence electrons. The first-order chi connectivity index (χ1) is 15.5. The van der Waals surface area contributed by atoms with Crippen molar-refractivity contribution in [3.05, 3.63) is 57.0 Å². The average molecular weight is 454 g/mol. The maximum atomic E-state index is 12.9. The average Bonchev–Trinajstić information content (AvgIpc) is 3.40. The second-order valence-electron chi connectivity index (χ2n) is 7.89. The molecule has 0 radical (unpaired) electrons. The minimum absolute atomic E-state index is 0.0285. The summed E-state index contributed by atoms with van der Waals surface area (Å²) in [4.78, 5) is 25.3. The van der Waals surface area contributed by atoms with E-state index >= 15 is 0 Å². The number of hydrogen-bond donors (Lipinski definition) is 1. The molecule has 0 aliphatic carbocycles. The van der Waals surface area contributed by atoms with Gasteiger partial charge in [-0.05, 0) is 61.4 Å². The van der Waals surface area contributed by atoms with Crippen LogP contribution in [0.1, 0.15) is 36.2 Å². The molecule has 8 nitrogen and oxygen atoms in total. The number of fused-ring (bicyclic) bond motifs is 3. The maximum Gasteiger partial charge on any atom is 0.272 e. The number of carbonyl (C=O) groups is 1. The number of benzene rings is 1. The lowest BCUT2D eigenvalue weighted by Gasteiger charge is -2.09. The van der Waals surface area contributed by atoms with Gasteiger partial charge in [-0.3, -0.25) is 18.6 Å². The summed E-state index contributed by atoms with van der Waals surface area (Å²) in [7, 11) is 1.64. The van der Waals surface area contributed by atoms with Gasteiger partial charge in [0.05, 0.1) is 5.52 Å². The van der Waals surface area contributed by atoms with E-state index in [1.807, 2.05) is 47.9 Å². The molecule has 0 atom stereocenters. The van der Waals surface area contributed by atoms with Crippen molar-refractivity contribution in [3.8, 4) is 0 Å². The zero-order valence-corrected chi connectivity index (χ0v) is 19.4. The zero-order valence-electron chi connectivity index (χ0n) is 18.6. The standard InChI is InChI=1S/C23H27N5O3S/c1-15-8-9-17(14-16(15)2)24-20(29)7-4-6-19-25-26-23-27(11-5-12-31-3)22(30)21-18(28(19)23)10-13-32-21/h8-10,13-14H,4-7,11-12H2,1-3H3,(H,24,29). The molecule has 0 bridgehead atoms. The number of anilines is 1. The highest BCUT2D eigenvalue weighted by molar-refractivity contribution is 7.17. The number of nitrogens with one attached hydrogen (secondary N) is 1. The zero-order chi connectivity index (χ0) is 22.7. The molecule has 3 heterocycles. The fourth-order valence-corrected chi connectivity index (χ4v) is 4.58. The Labute approximate surface area is 189 Å².